The molecule has 1 aliphatic rings. The molecular formula is C11H12N2O5. The zero-order chi connectivity index (χ0) is 13.1. The summed E-state index contributed by atoms with van der Waals surface area (Å²) in [5, 5.41) is 12.1. The number of carbonyl (C=O) groups excluding carboxylic acids is 1. The Morgan fingerprint density at radius 3 is 2.89 bits per heavy atom. The average molecular weight is 252 g/mol. The fourth-order valence-electron chi connectivity index (χ4n) is 1.79. The third-order valence-corrected chi connectivity index (χ3v) is 2.61. The van der Waals surface area contributed by atoms with E-state index in [2.05, 4.69) is 0 Å². The number of carbonyl (C=O) groups is 1. The van der Waals surface area contributed by atoms with Crippen LogP contribution in [0.25, 0.3) is 0 Å². The third-order valence-electron chi connectivity index (χ3n) is 2.61. The van der Waals surface area contributed by atoms with Crippen molar-refractivity contribution in [2.24, 2.45) is 0 Å². The maximum absolute atomic E-state index is 12.2. The molecule has 2 rings (SSSR count). The Kier molecular flexibility index (Phi) is 3.42. The van der Waals surface area contributed by atoms with E-state index in [0.717, 1.165) is 5.06 Å². The second-order valence-corrected chi connectivity index (χ2v) is 3.71. The zero-order valence-electron chi connectivity index (χ0n) is 9.79. The highest BCUT2D eigenvalue weighted by atomic mass is 16.7. The van der Waals surface area contributed by atoms with Gasteiger partial charge in [-0.25, -0.2) is 5.06 Å². The summed E-state index contributed by atoms with van der Waals surface area (Å²) in [6.07, 6.45) is 0.717. The molecule has 1 fully saturated rings. The lowest BCUT2D eigenvalue weighted by molar-refractivity contribution is -0.385. The molecule has 7 nitrogen and oxygen atoms in total. The van der Waals surface area contributed by atoms with Crippen LogP contribution in [-0.2, 0) is 4.84 Å². The summed E-state index contributed by atoms with van der Waals surface area (Å²) in [4.78, 5) is 27.6. The Morgan fingerprint density at radius 1 is 1.56 bits per heavy atom. The summed E-state index contributed by atoms with van der Waals surface area (Å²) in [6.45, 7) is 0.864. The number of amides is 1. The van der Waals surface area contributed by atoms with Crippen molar-refractivity contribution < 1.29 is 19.3 Å². The number of hydrogen-bond acceptors (Lipinski definition) is 5. The Balaban J connectivity index is 2.45. The van der Waals surface area contributed by atoms with E-state index in [9.17, 15) is 14.9 Å². The molecule has 0 bridgehead atoms. The van der Waals surface area contributed by atoms with Gasteiger partial charge in [0.2, 0.25) is 0 Å². The molecule has 0 aliphatic carbocycles. The van der Waals surface area contributed by atoms with Crippen molar-refractivity contribution in [2.75, 3.05) is 20.3 Å². The maximum atomic E-state index is 12.2. The van der Waals surface area contributed by atoms with Gasteiger partial charge in [-0.15, -0.1) is 0 Å². The van der Waals surface area contributed by atoms with E-state index in [4.69, 9.17) is 9.57 Å². The van der Waals surface area contributed by atoms with Crippen LogP contribution >= 0.6 is 0 Å². The number of hydrogen-bond donors (Lipinski definition) is 0. The summed E-state index contributed by atoms with van der Waals surface area (Å²) in [7, 11) is 1.36. The SMILES string of the molecule is COc1cccc([N+](=O)[O-])c1C(=O)N1CCCO1. The van der Waals surface area contributed by atoms with Crippen LogP contribution in [0.5, 0.6) is 5.75 Å². The van der Waals surface area contributed by atoms with Crippen molar-refractivity contribution in [1.29, 1.82) is 0 Å². The van der Waals surface area contributed by atoms with Crippen LogP contribution in [0.2, 0.25) is 0 Å². The van der Waals surface area contributed by atoms with Crippen LogP contribution in [0.4, 0.5) is 5.69 Å². The fourth-order valence-corrected chi connectivity index (χ4v) is 1.79. The molecular weight excluding hydrogens is 240 g/mol. The minimum Gasteiger partial charge on any atom is -0.496 e. The first-order valence-corrected chi connectivity index (χ1v) is 5.41. The van der Waals surface area contributed by atoms with Gasteiger partial charge in [-0.1, -0.05) is 6.07 Å². The molecule has 1 aromatic carbocycles. The number of nitrogens with zero attached hydrogens (tertiary/aromatic N) is 2. The van der Waals surface area contributed by atoms with Crippen molar-refractivity contribution in [3.05, 3.63) is 33.9 Å². The lowest BCUT2D eigenvalue weighted by Gasteiger charge is -2.15. The molecule has 0 unspecified atom stereocenters. The van der Waals surface area contributed by atoms with Gasteiger partial charge in [0.1, 0.15) is 5.75 Å². The van der Waals surface area contributed by atoms with E-state index >= 15 is 0 Å². The topological polar surface area (TPSA) is 81.9 Å². The van der Waals surface area contributed by atoms with Gasteiger partial charge in [-0.05, 0) is 12.5 Å². The van der Waals surface area contributed by atoms with Crippen LogP contribution in [0.3, 0.4) is 0 Å². The number of hydroxylamine groups is 2. The quantitative estimate of drug-likeness (QED) is 0.599. The average Bonchev–Trinajstić information content (AvgIpc) is 2.90. The van der Waals surface area contributed by atoms with Crippen LogP contribution in [0.1, 0.15) is 16.8 Å². The molecule has 1 saturated heterocycles. The van der Waals surface area contributed by atoms with Crippen LogP contribution in [0, 0.1) is 10.1 Å². The van der Waals surface area contributed by atoms with Crippen LogP contribution in [0.15, 0.2) is 18.2 Å². The first kappa shape index (κ1) is 12.3. The van der Waals surface area contributed by atoms with Gasteiger partial charge in [-0.3, -0.25) is 19.7 Å². The summed E-state index contributed by atoms with van der Waals surface area (Å²) in [6, 6.07) is 4.25. The van der Waals surface area contributed by atoms with Gasteiger partial charge in [0.25, 0.3) is 11.6 Å². The normalized spacial score (nSPS) is 14.6. The number of methoxy groups -OCH3 is 1. The Labute approximate surface area is 103 Å². The number of benzene rings is 1. The van der Waals surface area contributed by atoms with E-state index in [1.54, 1.807) is 0 Å². The molecule has 0 atom stereocenters. The minimum atomic E-state index is -0.605. The highest BCUT2D eigenvalue weighted by Gasteiger charge is 2.30. The highest BCUT2D eigenvalue weighted by Crippen LogP contribution is 2.30. The maximum Gasteiger partial charge on any atom is 0.288 e. The largest absolute Gasteiger partial charge is 0.496 e. The van der Waals surface area contributed by atoms with E-state index in [-0.39, 0.29) is 17.0 Å². The third kappa shape index (κ3) is 2.12. The second kappa shape index (κ2) is 5.01. The number of ether oxygens (including phenoxy) is 1. The predicted molar refractivity (Wildman–Crippen MR) is 61.3 cm³/mol. The molecule has 0 N–H and O–H groups in total. The molecule has 0 spiro atoms. The molecule has 1 amide bonds. The molecule has 1 aliphatic heterocycles. The van der Waals surface area contributed by atoms with Gasteiger partial charge < -0.3 is 4.74 Å². The zero-order valence-corrected chi connectivity index (χ0v) is 9.79. The second-order valence-electron chi connectivity index (χ2n) is 3.71. The van der Waals surface area contributed by atoms with E-state index in [0.29, 0.717) is 19.6 Å². The minimum absolute atomic E-state index is 0.0769. The molecule has 0 radical (unpaired) electrons. The summed E-state index contributed by atoms with van der Waals surface area (Å²) in [5.74, 6) is -0.374. The first-order valence-electron chi connectivity index (χ1n) is 5.41. The van der Waals surface area contributed by atoms with Gasteiger partial charge in [-0.2, -0.15) is 0 Å². The molecule has 0 aromatic heterocycles. The molecule has 7 heteroatoms. The van der Waals surface area contributed by atoms with Crippen molar-refractivity contribution in [3.8, 4) is 5.75 Å². The number of nitro groups is 1. The Morgan fingerprint density at radius 2 is 2.33 bits per heavy atom. The first-order chi connectivity index (χ1) is 8.65. The van der Waals surface area contributed by atoms with Crippen molar-refractivity contribution in [3.63, 3.8) is 0 Å². The van der Waals surface area contributed by atoms with Crippen molar-refractivity contribution in [2.45, 2.75) is 6.42 Å². The number of nitro benzene ring substituents is 1. The lowest BCUT2D eigenvalue weighted by Crippen LogP contribution is -2.27. The highest BCUT2D eigenvalue weighted by molar-refractivity contribution is 6.00. The molecule has 18 heavy (non-hydrogen) atoms. The molecule has 1 heterocycles. The Bertz CT molecular complexity index is 482. The van der Waals surface area contributed by atoms with Crippen LogP contribution in [-0.4, -0.2) is 36.2 Å². The monoisotopic (exact) mass is 252 g/mol. The molecule has 1 aromatic rings. The van der Waals surface area contributed by atoms with Gasteiger partial charge >= 0.3 is 0 Å². The van der Waals surface area contributed by atoms with Crippen molar-refractivity contribution in [1.82, 2.24) is 5.06 Å². The van der Waals surface area contributed by atoms with Gasteiger partial charge in [0, 0.05) is 6.07 Å². The number of rotatable bonds is 3. The van der Waals surface area contributed by atoms with Crippen molar-refractivity contribution >= 4 is 11.6 Å². The van der Waals surface area contributed by atoms with Gasteiger partial charge in [0.15, 0.2) is 5.56 Å². The summed E-state index contributed by atoms with van der Waals surface area (Å²) < 4.78 is 5.01. The molecule has 96 valence electrons. The lowest BCUT2D eigenvalue weighted by atomic mass is 10.1. The predicted octanol–water partition coefficient (Wildman–Crippen LogP) is 1.38. The van der Waals surface area contributed by atoms with E-state index in [1.165, 1.54) is 25.3 Å². The Hall–Kier alpha value is -2.15. The summed E-state index contributed by atoms with van der Waals surface area (Å²) >= 11 is 0. The summed E-state index contributed by atoms with van der Waals surface area (Å²) in [5.41, 5.74) is -0.359. The van der Waals surface area contributed by atoms with Crippen LogP contribution < -0.4 is 4.74 Å². The smallest absolute Gasteiger partial charge is 0.288 e. The van der Waals surface area contributed by atoms with E-state index in [1.807, 2.05) is 0 Å². The standard InChI is InChI=1S/C11H12N2O5/c1-17-9-5-2-4-8(13(15)16)10(9)11(14)12-6-3-7-18-12/h2,4-5H,3,6-7H2,1H3. The fraction of sp³-hybridized carbons (Fsp3) is 0.364. The molecule has 0 saturated carbocycles. The van der Waals surface area contributed by atoms with E-state index < -0.39 is 10.8 Å². The van der Waals surface area contributed by atoms with Gasteiger partial charge in [0.05, 0.1) is 25.2 Å².